The first kappa shape index (κ1) is 16.0. The molecule has 2 nitrogen and oxygen atoms in total. The van der Waals surface area contributed by atoms with Crippen LogP contribution in [0, 0.1) is 11.8 Å². The fourth-order valence-corrected chi connectivity index (χ4v) is 3.49. The minimum atomic E-state index is 0.300. The monoisotopic (exact) mass is 254 g/mol. The fourth-order valence-electron chi connectivity index (χ4n) is 3.49. The quantitative estimate of drug-likeness (QED) is 0.751. The van der Waals surface area contributed by atoms with Gasteiger partial charge in [0, 0.05) is 18.6 Å². The van der Waals surface area contributed by atoms with Crippen LogP contribution in [0.3, 0.4) is 0 Å². The highest BCUT2D eigenvalue weighted by Crippen LogP contribution is 2.37. The normalized spacial score (nSPS) is 29.2. The van der Waals surface area contributed by atoms with Gasteiger partial charge in [0.2, 0.25) is 0 Å². The molecule has 0 radical (unpaired) electrons. The zero-order valence-corrected chi connectivity index (χ0v) is 13.0. The molecule has 0 unspecified atom stereocenters. The van der Waals surface area contributed by atoms with Gasteiger partial charge in [0.1, 0.15) is 0 Å². The molecule has 1 rings (SSSR count). The summed E-state index contributed by atoms with van der Waals surface area (Å²) in [7, 11) is 2.30. The smallest absolute Gasteiger partial charge is 0.0329 e. The molecule has 1 fully saturated rings. The highest BCUT2D eigenvalue weighted by molar-refractivity contribution is 4.95. The molecule has 108 valence electrons. The van der Waals surface area contributed by atoms with Gasteiger partial charge in [-0.3, -0.25) is 4.90 Å². The van der Waals surface area contributed by atoms with E-state index in [2.05, 4.69) is 32.7 Å². The molecule has 18 heavy (non-hydrogen) atoms. The summed E-state index contributed by atoms with van der Waals surface area (Å²) in [6, 6.07) is 0. The van der Waals surface area contributed by atoms with Crippen LogP contribution in [0.15, 0.2) is 0 Å². The number of hydrogen-bond acceptors (Lipinski definition) is 2. The van der Waals surface area contributed by atoms with Gasteiger partial charge in [-0.05, 0) is 44.6 Å². The SMILES string of the molecule is CCC1CCC(CN)(N(C)CC(CC)CC)CC1. The molecule has 2 N–H and O–H groups in total. The number of nitrogens with zero attached hydrogens (tertiary/aromatic N) is 1. The Kier molecular flexibility index (Phi) is 6.65. The van der Waals surface area contributed by atoms with E-state index >= 15 is 0 Å². The van der Waals surface area contributed by atoms with Gasteiger partial charge in [-0.1, -0.05) is 40.0 Å². The summed E-state index contributed by atoms with van der Waals surface area (Å²) in [4.78, 5) is 2.59. The third kappa shape index (κ3) is 3.71. The summed E-state index contributed by atoms with van der Waals surface area (Å²) in [5, 5.41) is 0. The topological polar surface area (TPSA) is 29.3 Å². The lowest BCUT2D eigenvalue weighted by Crippen LogP contribution is -2.55. The van der Waals surface area contributed by atoms with Gasteiger partial charge in [0.25, 0.3) is 0 Å². The van der Waals surface area contributed by atoms with Gasteiger partial charge in [-0.25, -0.2) is 0 Å². The lowest BCUT2D eigenvalue weighted by molar-refractivity contribution is 0.0502. The Bertz CT molecular complexity index is 215. The van der Waals surface area contributed by atoms with E-state index in [1.807, 2.05) is 0 Å². The van der Waals surface area contributed by atoms with Crippen LogP contribution >= 0.6 is 0 Å². The first-order valence-electron chi connectivity index (χ1n) is 8.03. The van der Waals surface area contributed by atoms with E-state index in [9.17, 15) is 0 Å². The van der Waals surface area contributed by atoms with Crippen LogP contribution in [0.5, 0.6) is 0 Å². The second kappa shape index (κ2) is 7.49. The van der Waals surface area contributed by atoms with E-state index in [0.29, 0.717) is 5.54 Å². The van der Waals surface area contributed by atoms with E-state index in [0.717, 1.165) is 18.4 Å². The minimum absolute atomic E-state index is 0.300. The van der Waals surface area contributed by atoms with Crippen LogP contribution < -0.4 is 5.73 Å². The van der Waals surface area contributed by atoms with Crippen molar-refractivity contribution in [2.75, 3.05) is 20.1 Å². The van der Waals surface area contributed by atoms with Crippen LogP contribution in [0.4, 0.5) is 0 Å². The molecular formula is C16H34N2. The highest BCUT2D eigenvalue weighted by atomic mass is 15.2. The van der Waals surface area contributed by atoms with Gasteiger partial charge in [0.05, 0.1) is 0 Å². The van der Waals surface area contributed by atoms with Crippen molar-refractivity contribution in [2.24, 2.45) is 17.6 Å². The van der Waals surface area contributed by atoms with Crippen molar-refractivity contribution in [3.63, 3.8) is 0 Å². The summed E-state index contributed by atoms with van der Waals surface area (Å²) in [5.41, 5.74) is 6.44. The van der Waals surface area contributed by atoms with E-state index in [4.69, 9.17) is 5.73 Å². The van der Waals surface area contributed by atoms with E-state index in [-0.39, 0.29) is 0 Å². The average molecular weight is 254 g/mol. The lowest BCUT2D eigenvalue weighted by atomic mass is 9.74. The fraction of sp³-hybridized carbons (Fsp3) is 1.00. The Balaban J connectivity index is 2.59. The maximum Gasteiger partial charge on any atom is 0.0329 e. The standard InChI is InChI=1S/C16H34N2/c1-5-14(6-2)12-18(4)16(13-17)10-8-15(7-3)9-11-16/h14-15H,5-13,17H2,1-4H3. The van der Waals surface area contributed by atoms with E-state index in [1.54, 1.807) is 0 Å². The molecule has 0 aliphatic heterocycles. The maximum atomic E-state index is 6.14. The van der Waals surface area contributed by atoms with Gasteiger partial charge in [0.15, 0.2) is 0 Å². The summed E-state index contributed by atoms with van der Waals surface area (Å²) in [5.74, 6) is 1.79. The number of nitrogens with two attached hydrogens (primary N) is 1. The number of likely N-dealkylation sites (N-methyl/N-ethyl adjacent to an activating group) is 1. The molecule has 0 saturated heterocycles. The lowest BCUT2D eigenvalue weighted by Gasteiger charge is -2.47. The minimum Gasteiger partial charge on any atom is -0.329 e. The first-order valence-corrected chi connectivity index (χ1v) is 8.03. The van der Waals surface area contributed by atoms with Crippen LogP contribution in [-0.4, -0.2) is 30.6 Å². The van der Waals surface area contributed by atoms with E-state index in [1.165, 1.54) is 51.5 Å². The summed E-state index contributed by atoms with van der Waals surface area (Å²) in [6.45, 7) is 9.01. The Morgan fingerprint density at radius 2 is 1.72 bits per heavy atom. The van der Waals surface area contributed by atoms with Crippen LogP contribution in [-0.2, 0) is 0 Å². The largest absolute Gasteiger partial charge is 0.329 e. The molecule has 0 bridgehead atoms. The zero-order chi connectivity index (χ0) is 13.6. The molecule has 0 aromatic rings. The van der Waals surface area contributed by atoms with Crippen molar-refractivity contribution in [3.8, 4) is 0 Å². The summed E-state index contributed by atoms with van der Waals surface area (Å²) >= 11 is 0. The van der Waals surface area contributed by atoms with Crippen LogP contribution in [0.1, 0.15) is 65.7 Å². The van der Waals surface area contributed by atoms with Crippen molar-refractivity contribution in [2.45, 2.75) is 71.3 Å². The molecule has 1 saturated carbocycles. The van der Waals surface area contributed by atoms with Gasteiger partial charge in [-0.15, -0.1) is 0 Å². The molecule has 1 aliphatic rings. The van der Waals surface area contributed by atoms with Gasteiger partial charge in [-0.2, -0.15) is 0 Å². The van der Waals surface area contributed by atoms with Crippen LogP contribution in [0.2, 0.25) is 0 Å². The summed E-state index contributed by atoms with van der Waals surface area (Å²) in [6.07, 6.45) is 9.29. The Morgan fingerprint density at radius 1 is 1.17 bits per heavy atom. The molecule has 0 heterocycles. The molecule has 0 aromatic heterocycles. The van der Waals surface area contributed by atoms with Crippen molar-refractivity contribution in [3.05, 3.63) is 0 Å². The number of rotatable bonds is 7. The van der Waals surface area contributed by atoms with Crippen molar-refractivity contribution >= 4 is 0 Å². The third-order valence-electron chi connectivity index (χ3n) is 5.49. The van der Waals surface area contributed by atoms with Crippen molar-refractivity contribution in [1.82, 2.24) is 4.90 Å². The predicted molar refractivity (Wildman–Crippen MR) is 80.7 cm³/mol. The average Bonchev–Trinajstić information content (AvgIpc) is 2.44. The second-order valence-corrected chi connectivity index (χ2v) is 6.34. The number of hydrogen-bond donors (Lipinski definition) is 1. The molecule has 0 spiro atoms. The van der Waals surface area contributed by atoms with Crippen molar-refractivity contribution in [1.29, 1.82) is 0 Å². The predicted octanol–water partition coefficient (Wildman–Crippen LogP) is 3.65. The zero-order valence-electron chi connectivity index (χ0n) is 13.0. The van der Waals surface area contributed by atoms with Crippen molar-refractivity contribution < 1.29 is 0 Å². The third-order valence-corrected chi connectivity index (χ3v) is 5.49. The molecule has 0 atom stereocenters. The molecule has 0 aromatic carbocycles. The molecular weight excluding hydrogens is 220 g/mol. The first-order chi connectivity index (χ1) is 8.61. The van der Waals surface area contributed by atoms with E-state index < -0.39 is 0 Å². The van der Waals surface area contributed by atoms with Gasteiger partial charge < -0.3 is 5.73 Å². The van der Waals surface area contributed by atoms with Gasteiger partial charge >= 0.3 is 0 Å². The molecule has 2 heteroatoms. The molecule has 0 amide bonds. The Morgan fingerprint density at radius 3 is 2.11 bits per heavy atom. The summed E-state index contributed by atoms with van der Waals surface area (Å²) < 4.78 is 0. The maximum absolute atomic E-state index is 6.14. The Hall–Kier alpha value is -0.0800. The Labute approximate surface area is 114 Å². The molecule has 1 aliphatic carbocycles. The highest BCUT2D eigenvalue weighted by Gasteiger charge is 2.37. The van der Waals surface area contributed by atoms with Crippen LogP contribution in [0.25, 0.3) is 0 Å². The second-order valence-electron chi connectivity index (χ2n) is 6.34.